The quantitative estimate of drug-likeness (QED) is 0.499. The van der Waals surface area contributed by atoms with Gasteiger partial charge in [-0.15, -0.1) is 11.3 Å². The third kappa shape index (κ3) is 5.98. The van der Waals surface area contributed by atoms with Crippen LogP contribution in [-0.4, -0.2) is 36.2 Å². The summed E-state index contributed by atoms with van der Waals surface area (Å²) in [5.41, 5.74) is 0.978. The smallest absolute Gasteiger partial charge is 0.253 e. The summed E-state index contributed by atoms with van der Waals surface area (Å²) >= 11 is 6.74. The SMILES string of the molecule is O=C(/C=C/c1cccs1)NC(=S)Nc1ccccc1C(=O)NCC1CCCO1. The maximum absolute atomic E-state index is 12.5. The van der Waals surface area contributed by atoms with Gasteiger partial charge in [0.2, 0.25) is 5.91 Å². The van der Waals surface area contributed by atoms with Gasteiger partial charge in [-0.1, -0.05) is 18.2 Å². The molecule has 28 heavy (non-hydrogen) atoms. The number of rotatable bonds is 6. The van der Waals surface area contributed by atoms with Crippen LogP contribution < -0.4 is 16.0 Å². The number of anilines is 1. The number of carbonyl (C=O) groups excluding carboxylic acids is 2. The molecule has 2 amide bonds. The molecule has 2 heterocycles. The van der Waals surface area contributed by atoms with Crippen LogP contribution >= 0.6 is 23.6 Å². The molecule has 0 saturated carbocycles. The van der Waals surface area contributed by atoms with E-state index in [0.717, 1.165) is 24.3 Å². The number of hydrogen-bond acceptors (Lipinski definition) is 5. The van der Waals surface area contributed by atoms with Crippen molar-refractivity contribution in [2.75, 3.05) is 18.5 Å². The minimum atomic E-state index is -0.341. The maximum Gasteiger partial charge on any atom is 0.253 e. The lowest BCUT2D eigenvalue weighted by molar-refractivity contribution is -0.115. The molecule has 1 atom stereocenters. The molecule has 0 bridgehead atoms. The minimum absolute atomic E-state index is 0.0690. The third-order valence-electron chi connectivity index (χ3n) is 4.11. The topological polar surface area (TPSA) is 79.5 Å². The highest BCUT2D eigenvalue weighted by Crippen LogP contribution is 2.16. The Morgan fingerprint density at radius 2 is 2.11 bits per heavy atom. The molecule has 3 N–H and O–H groups in total. The number of carbonyl (C=O) groups is 2. The molecule has 1 aliphatic rings. The van der Waals surface area contributed by atoms with Crippen LogP contribution in [0.5, 0.6) is 0 Å². The molecule has 6 nitrogen and oxygen atoms in total. The average Bonchev–Trinajstić information content (AvgIpc) is 3.38. The Balaban J connectivity index is 1.55. The number of benzene rings is 1. The zero-order chi connectivity index (χ0) is 19.8. The fourth-order valence-corrected chi connectivity index (χ4v) is 3.58. The Hall–Kier alpha value is -2.55. The van der Waals surface area contributed by atoms with E-state index < -0.39 is 0 Å². The van der Waals surface area contributed by atoms with E-state index in [1.807, 2.05) is 17.5 Å². The molecule has 0 aliphatic carbocycles. The zero-order valence-electron chi connectivity index (χ0n) is 15.1. The monoisotopic (exact) mass is 415 g/mol. The van der Waals surface area contributed by atoms with E-state index in [0.29, 0.717) is 17.8 Å². The predicted molar refractivity (Wildman–Crippen MR) is 115 cm³/mol. The van der Waals surface area contributed by atoms with Crippen molar-refractivity contribution in [3.05, 3.63) is 58.3 Å². The van der Waals surface area contributed by atoms with E-state index in [-0.39, 0.29) is 23.0 Å². The highest BCUT2D eigenvalue weighted by Gasteiger charge is 2.18. The van der Waals surface area contributed by atoms with Gasteiger partial charge in [-0.2, -0.15) is 0 Å². The molecule has 3 rings (SSSR count). The van der Waals surface area contributed by atoms with Crippen LogP contribution in [0.15, 0.2) is 47.9 Å². The zero-order valence-corrected chi connectivity index (χ0v) is 16.8. The summed E-state index contributed by atoms with van der Waals surface area (Å²) in [6.45, 7) is 1.22. The first kappa shape index (κ1) is 20.2. The first-order valence-corrected chi connectivity index (χ1v) is 10.2. The molecular weight excluding hydrogens is 394 g/mol. The van der Waals surface area contributed by atoms with Gasteiger partial charge >= 0.3 is 0 Å². The Bertz CT molecular complexity index is 859. The number of para-hydroxylation sites is 1. The summed E-state index contributed by atoms with van der Waals surface area (Å²) in [7, 11) is 0. The van der Waals surface area contributed by atoms with Crippen molar-refractivity contribution in [2.45, 2.75) is 18.9 Å². The number of nitrogens with one attached hydrogen (secondary N) is 3. The van der Waals surface area contributed by atoms with Gasteiger partial charge in [0.15, 0.2) is 5.11 Å². The van der Waals surface area contributed by atoms with Crippen LogP contribution in [0.25, 0.3) is 6.08 Å². The van der Waals surface area contributed by atoms with Crippen molar-refractivity contribution in [1.29, 1.82) is 0 Å². The van der Waals surface area contributed by atoms with Gasteiger partial charge in [0, 0.05) is 24.1 Å². The highest BCUT2D eigenvalue weighted by atomic mass is 32.1. The Labute approximate surface area is 173 Å². The standard InChI is InChI=1S/C20H21N3O3S2/c24-18(10-9-15-6-4-12-28-15)23-20(27)22-17-8-2-1-7-16(17)19(25)21-13-14-5-3-11-26-14/h1-2,4,6-10,12,14H,3,5,11,13H2,(H,21,25)(H2,22,23,24,27)/b10-9+. The number of amides is 2. The van der Waals surface area contributed by atoms with E-state index >= 15 is 0 Å². The first-order valence-electron chi connectivity index (χ1n) is 8.94. The Morgan fingerprint density at radius 1 is 1.25 bits per heavy atom. The van der Waals surface area contributed by atoms with Crippen molar-refractivity contribution in [3.63, 3.8) is 0 Å². The normalized spacial score (nSPS) is 16.1. The fraction of sp³-hybridized carbons (Fsp3) is 0.250. The summed E-state index contributed by atoms with van der Waals surface area (Å²) in [6.07, 6.45) is 5.18. The Morgan fingerprint density at radius 3 is 2.86 bits per heavy atom. The van der Waals surface area contributed by atoms with Gasteiger partial charge in [-0.3, -0.25) is 14.9 Å². The predicted octanol–water partition coefficient (Wildman–Crippen LogP) is 3.18. The number of thiophene rings is 1. The summed E-state index contributed by atoms with van der Waals surface area (Å²) in [4.78, 5) is 25.5. The number of ether oxygens (including phenoxy) is 1. The van der Waals surface area contributed by atoms with E-state index in [1.54, 1.807) is 30.3 Å². The second kappa shape index (κ2) is 10.1. The second-order valence-corrected chi connectivity index (χ2v) is 7.57. The van der Waals surface area contributed by atoms with Gasteiger partial charge in [0.25, 0.3) is 5.91 Å². The molecule has 1 fully saturated rings. The first-order chi connectivity index (χ1) is 13.6. The molecule has 1 unspecified atom stereocenters. The van der Waals surface area contributed by atoms with E-state index in [9.17, 15) is 9.59 Å². The average molecular weight is 416 g/mol. The third-order valence-corrected chi connectivity index (χ3v) is 5.15. The minimum Gasteiger partial charge on any atom is -0.376 e. The van der Waals surface area contributed by atoms with E-state index in [2.05, 4.69) is 16.0 Å². The van der Waals surface area contributed by atoms with Crippen LogP contribution in [0.2, 0.25) is 0 Å². The lowest BCUT2D eigenvalue weighted by atomic mass is 10.1. The second-order valence-electron chi connectivity index (χ2n) is 6.18. The summed E-state index contributed by atoms with van der Waals surface area (Å²) in [6, 6.07) is 10.8. The van der Waals surface area contributed by atoms with Gasteiger partial charge in [0.1, 0.15) is 0 Å². The largest absolute Gasteiger partial charge is 0.376 e. The van der Waals surface area contributed by atoms with Crippen LogP contribution in [0.4, 0.5) is 5.69 Å². The van der Waals surface area contributed by atoms with E-state index in [4.69, 9.17) is 17.0 Å². The molecule has 8 heteroatoms. The highest BCUT2D eigenvalue weighted by molar-refractivity contribution is 7.80. The van der Waals surface area contributed by atoms with Crippen LogP contribution in [0.1, 0.15) is 28.1 Å². The van der Waals surface area contributed by atoms with Crippen molar-refractivity contribution in [2.24, 2.45) is 0 Å². The van der Waals surface area contributed by atoms with Crippen LogP contribution in [-0.2, 0) is 9.53 Å². The molecule has 0 radical (unpaired) electrons. The fourth-order valence-electron chi connectivity index (χ4n) is 2.75. The van der Waals surface area contributed by atoms with Gasteiger partial charge in [-0.05, 0) is 54.7 Å². The number of hydrogen-bond donors (Lipinski definition) is 3. The molecule has 146 valence electrons. The molecule has 1 aromatic carbocycles. The summed E-state index contributed by atoms with van der Waals surface area (Å²) in [5, 5.41) is 10.4. The summed E-state index contributed by atoms with van der Waals surface area (Å²) in [5.74, 6) is -0.559. The summed E-state index contributed by atoms with van der Waals surface area (Å²) < 4.78 is 5.52. The molecule has 1 aromatic heterocycles. The van der Waals surface area contributed by atoms with Gasteiger partial charge in [-0.25, -0.2) is 0 Å². The van der Waals surface area contributed by atoms with Crippen molar-refractivity contribution >= 4 is 52.2 Å². The van der Waals surface area contributed by atoms with Crippen molar-refractivity contribution < 1.29 is 14.3 Å². The maximum atomic E-state index is 12.5. The van der Waals surface area contributed by atoms with E-state index in [1.165, 1.54) is 17.4 Å². The molecule has 1 aliphatic heterocycles. The molecule has 1 saturated heterocycles. The number of thiocarbonyl (C=S) groups is 1. The molecular formula is C20H21N3O3S2. The molecule has 2 aromatic rings. The molecule has 0 spiro atoms. The van der Waals surface area contributed by atoms with Crippen molar-refractivity contribution in [1.82, 2.24) is 10.6 Å². The Kier molecular flexibility index (Phi) is 7.30. The lowest BCUT2D eigenvalue weighted by Crippen LogP contribution is -2.35. The van der Waals surface area contributed by atoms with Gasteiger partial charge in [0.05, 0.1) is 17.4 Å². The van der Waals surface area contributed by atoms with Gasteiger partial charge < -0.3 is 15.4 Å². The van der Waals surface area contributed by atoms with Crippen LogP contribution in [0.3, 0.4) is 0 Å². The van der Waals surface area contributed by atoms with Crippen LogP contribution in [0, 0.1) is 0 Å². The van der Waals surface area contributed by atoms with Crippen molar-refractivity contribution in [3.8, 4) is 0 Å². The lowest BCUT2D eigenvalue weighted by Gasteiger charge is -2.14.